The van der Waals surface area contributed by atoms with Crippen molar-refractivity contribution in [2.45, 2.75) is 56.8 Å². The molecule has 0 aliphatic carbocycles. The summed E-state index contributed by atoms with van der Waals surface area (Å²) in [7, 11) is -1.91. The Balaban J connectivity index is 1.71. The van der Waals surface area contributed by atoms with Crippen molar-refractivity contribution >= 4 is 10.0 Å². The highest BCUT2D eigenvalue weighted by atomic mass is 32.2. The molecule has 29 heavy (non-hydrogen) atoms. The molecule has 0 bridgehead atoms. The van der Waals surface area contributed by atoms with Crippen LogP contribution in [-0.2, 0) is 19.5 Å². The van der Waals surface area contributed by atoms with Crippen molar-refractivity contribution in [1.29, 1.82) is 0 Å². The smallest absolute Gasteiger partial charge is 0.243 e. The topological polar surface area (TPSA) is 68.3 Å². The maximum absolute atomic E-state index is 13.4. The number of hydrogen-bond acceptors (Lipinski definition) is 6. The van der Waals surface area contributed by atoms with Crippen LogP contribution in [-0.4, -0.2) is 82.4 Å². The normalized spacial score (nSPS) is 26.7. The molecule has 0 radical (unpaired) electrons. The summed E-state index contributed by atoms with van der Waals surface area (Å²) in [5.41, 5.74) is 0.814. The summed E-state index contributed by atoms with van der Waals surface area (Å²) in [4.78, 5) is 2.68. The Bertz CT molecular complexity index is 775. The summed E-state index contributed by atoms with van der Waals surface area (Å²) in [6.07, 6.45) is 2.16. The second-order valence-electron chi connectivity index (χ2n) is 8.16. The molecule has 3 unspecified atom stereocenters. The van der Waals surface area contributed by atoms with Crippen molar-refractivity contribution in [2.24, 2.45) is 0 Å². The number of rotatable bonds is 8. The summed E-state index contributed by atoms with van der Waals surface area (Å²) in [5, 5.41) is 0. The Morgan fingerprint density at radius 3 is 2.55 bits per heavy atom. The fourth-order valence-electron chi connectivity index (χ4n) is 4.35. The van der Waals surface area contributed by atoms with E-state index in [2.05, 4.69) is 18.7 Å². The van der Waals surface area contributed by atoms with E-state index in [0.29, 0.717) is 30.4 Å². The van der Waals surface area contributed by atoms with Gasteiger partial charge >= 0.3 is 0 Å². The predicted octanol–water partition coefficient (Wildman–Crippen LogP) is 2.28. The minimum atomic E-state index is -3.53. The molecule has 0 N–H and O–H groups in total. The molecule has 164 valence electrons. The van der Waals surface area contributed by atoms with Gasteiger partial charge < -0.3 is 14.2 Å². The third-order valence-corrected chi connectivity index (χ3v) is 7.53. The van der Waals surface area contributed by atoms with Crippen LogP contribution in [0.1, 0.15) is 32.3 Å². The van der Waals surface area contributed by atoms with Gasteiger partial charge in [-0.2, -0.15) is 4.31 Å². The molecule has 1 aromatic rings. The fourth-order valence-corrected chi connectivity index (χ4v) is 6.12. The van der Waals surface area contributed by atoms with Crippen LogP contribution in [0.25, 0.3) is 0 Å². The van der Waals surface area contributed by atoms with E-state index in [-0.39, 0.29) is 18.2 Å². The Morgan fingerprint density at radius 2 is 1.90 bits per heavy atom. The first kappa shape index (κ1) is 22.5. The summed E-state index contributed by atoms with van der Waals surface area (Å²) < 4.78 is 44.9. The van der Waals surface area contributed by atoms with E-state index < -0.39 is 10.0 Å². The lowest BCUT2D eigenvalue weighted by Gasteiger charge is -2.38. The molecule has 7 nitrogen and oxygen atoms in total. The number of aryl methyl sites for hydroxylation is 1. The number of sulfonamides is 1. The van der Waals surface area contributed by atoms with E-state index >= 15 is 0 Å². The van der Waals surface area contributed by atoms with Crippen LogP contribution in [0.4, 0.5) is 0 Å². The van der Waals surface area contributed by atoms with Gasteiger partial charge in [0, 0.05) is 39.3 Å². The highest BCUT2D eigenvalue weighted by molar-refractivity contribution is 7.89. The van der Waals surface area contributed by atoms with Crippen LogP contribution in [0.5, 0.6) is 5.75 Å². The van der Waals surface area contributed by atoms with Crippen molar-refractivity contribution in [3.05, 3.63) is 23.8 Å². The first-order chi connectivity index (χ1) is 13.8. The minimum absolute atomic E-state index is 0.00966. The van der Waals surface area contributed by atoms with Gasteiger partial charge in [-0.1, -0.05) is 0 Å². The average molecular weight is 427 g/mol. The van der Waals surface area contributed by atoms with E-state index in [4.69, 9.17) is 14.2 Å². The van der Waals surface area contributed by atoms with Crippen LogP contribution in [0.15, 0.2) is 23.1 Å². The molecule has 2 saturated heterocycles. The van der Waals surface area contributed by atoms with E-state index in [1.54, 1.807) is 29.6 Å². The molecule has 0 saturated carbocycles. The third kappa shape index (κ3) is 5.49. The van der Waals surface area contributed by atoms with Crippen LogP contribution in [0.3, 0.4) is 0 Å². The van der Waals surface area contributed by atoms with Crippen molar-refractivity contribution in [1.82, 2.24) is 9.21 Å². The molecule has 2 aliphatic rings. The highest BCUT2D eigenvalue weighted by Gasteiger charge is 2.37. The summed E-state index contributed by atoms with van der Waals surface area (Å²) in [5.74, 6) is 0.690. The molecule has 2 fully saturated rings. The van der Waals surface area contributed by atoms with Gasteiger partial charge in [0.1, 0.15) is 12.4 Å². The Labute approximate surface area is 175 Å². The maximum atomic E-state index is 13.4. The largest absolute Gasteiger partial charge is 0.491 e. The number of benzene rings is 1. The van der Waals surface area contributed by atoms with Gasteiger partial charge in [0.2, 0.25) is 10.0 Å². The lowest BCUT2D eigenvalue weighted by Crippen LogP contribution is -2.50. The molecule has 0 amide bonds. The molecule has 8 heteroatoms. The van der Waals surface area contributed by atoms with Gasteiger partial charge in [0.05, 0.1) is 23.7 Å². The van der Waals surface area contributed by atoms with Crippen LogP contribution >= 0.6 is 0 Å². The van der Waals surface area contributed by atoms with E-state index in [0.717, 1.165) is 38.0 Å². The van der Waals surface area contributed by atoms with Gasteiger partial charge in [-0.25, -0.2) is 8.42 Å². The van der Waals surface area contributed by atoms with E-state index in [1.807, 2.05) is 6.92 Å². The Morgan fingerprint density at radius 1 is 1.17 bits per heavy atom. The quantitative estimate of drug-likeness (QED) is 0.594. The second-order valence-corrected chi connectivity index (χ2v) is 10.0. The molecule has 0 aromatic heterocycles. The summed E-state index contributed by atoms with van der Waals surface area (Å²) in [6.45, 7) is 9.99. The van der Waals surface area contributed by atoms with Crippen molar-refractivity contribution in [3.63, 3.8) is 0 Å². The van der Waals surface area contributed by atoms with Crippen LogP contribution < -0.4 is 4.74 Å². The fraction of sp³-hybridized carbons (Fsp3) is 0.714. The zero-order chi connectivity index (χ0) is 21.0. The number of ether oxygens (including phenoxy) is 3. The average Bonchev–Trinajstić information content (AvgIpc) is 3.11. The van der Waals surface area contributed by atoms with Crippen molar-refractivity contribution in [3.8, 4) is 5.75 Å². The molecule has 2 aliphatic heterocycles. The number of methoxy groups -OCH3 is 1. The Hall–Kier alpha value is -1.19. The summed E-state index contributed by atoms with van der Waals surface area (Å²) in [6, 6.07) is 5.12. The minimum Gasteiger partial charge on any atom is -0.491 e. The monoisotopic (exact) mass is 426 g/mol. The first-order valence-corrected chi connectivity index (χ1v) is 11.9. The lowest BCUT2D eigenvalue weighted by molar-refractivity contribution is -0.0707. The van der Waals surface area contributed by atoms with Gasteiger partial charge in [-0.3, -0.25) is 4.90 Å². The van der Waals surface area contributed by atoms with Crippen molar-refractivity contribution < 1.29 is 22.6 Å². The molecule has 0 spiro atoms. The second kappa shape index (κ2) is 9.75. The van der Waals surface area contributed by atoms with Crippen LogP contribution in [0, 0.1) is 6.92 Å². The van der Waals surface area contributed by atoms with Gasteiger partial charge in [0.15, 0.2) is 0 Å². The van der Waals surface area contributed by atoms with Gasteiger partial charge in [0.25, 0.3) is 0 Å². The molecule has 3 rings (SSSR count). The maximum Gasteiger partial charge on any atom is 0.243 e. The third-order valence-electron chi connectivity index (χ3n) is 5.59. The van der Waals surface area contributed by atoms with Crippen molar-refractivity contribution in [2.75, 3.05) is 46.5 Å². The lowest BCUT2D eigenvalue weighted by atomic mass is 10.1. The van der Waals surface area contributed by atoms with Gasteiger partial charge in [-0.05, 0) is 57.4 Å². The first-order valence-electron chi connectivity index (χ1n) is 10.4. The zero-order valence-corrected chi connectivity index (χ0v) is 18.8. The van der Waals surface area contributed by atoms with E-state index in [1.165, 1.54) is 0 Å². The molecular formula is C21H34N2O5S. The number of hydrogen-bond donors (Lipinski definition) is 0. The highest BCUT2D eigenvalue weighted by Crippen LogP contribution is 2.30. The molecule has 1 aromatic carbocycles. The van der Waals surface area contributed by atoms with Crippen LogP contribution in [0.2, 0.25) is 0 Å². The SMILES string of the molecule is COCCOc1ccc(S(=O)(=O)N2CCCC2CN2CC(C)OC(C)C2)cc1C. The van der Waals surface area contributed by atoms with Gasteiger partial charge in [-0.15, -0.1) is 0 Å². The molecular weight excluding hydrogens is 392 g/mol. The van der Waals surface area contributed by atoms with E-state index in [9.17, 15) is 8.42 Å². The summed E-state index contributed by atoms with van der Waals surface area (Å²) >= 11 is 0. The molecule has 3 atom stereocenters. The molecule has 2 heterocycles. The zero-order valence-electron chi connectivity index (χ0n) is 18.0. The standard InChI is InChI=1S/C21H34N2O5S/c1-16-12-20(7-8-21(16)27-11-10-26-4)29(24,25)23-9-5-6-19(23)15-22-13-17(2)28-18(3)14-22/h7-8,12,17-19H,5-6,9-11,13-15H2,1-4H3. The number of nitrogens with zero attached hydrogens (tertiary/aromatic N) is 2. The number of morpholine rings is 1. The Kier molecular flexibility index (Phi) is 7.56. The predicted molar refractivity (Wildman–Crippen MR) is 112 cm³/mol.